The van der Waals surface area contributed by atoms with Crippen LogP contribution in [0.1, 0.15) is 43.1 Å². The van der Waals surface area contributed by atoms with E-state index < -0.39 is 5.91 Å². The van der Waals surface area contributed by atoms with Crippen LogP contribution in [0.4, 0.5) is 0 Å². The number of amides is 2. The minimum atomic E-state index is -0.504. The zero-order valence-corrected chi connectivity index (χ0v) is 15.3. The monoisotopic (exact) mass is 342 g/mol. The van der Waals surface area contributed by atoms with E-state index in [0.717, 1.165) is 55.8 Å². The SMILES string of the molecule is CCCn1c(C)cc(/C=C(\C#N)C(=O)NCC(=O)N2CCCC2)c1C. The molecule has 2 rings (SSSR count). The fraction of sp³-hybridized carbons (Fsp3) is 0.526. The molecule has 0 saturated carbocycles. The van der Waals surface area contributed by atoms with E-state index in [1.54, 1.807) is 11.0 Å². The van der Waals surface area contributed by atoms with Crippen molar-refractivity contribution in [1.82, 2.24) is 14.8 Å². The van der Waals surface area contributed by atoms with Crippen LogP contribution < -0.4 is 5.32 Å². The lowest BCUT2D eigenvalue weighted by Gasteiger charge is -2.15. The molecule has 2 heterocycles. The summed E-state index contributed by atoms with van der Waals surface area (Å²) in [6, 6.07) is 3.92. The van der Waals surface area contributed by atoms with E-state index in [1.807, 2.05) is 26.0 Å². The van der Waals surface area contributed by atoms with Crippen molar-refractivity contribution in [2.24, 2.45) is 0 Å². The number of nitriles is 1. The van der Waals surface area contributed by atoms with Crippen molar-refractivity contribution in [2.45, 2.75) is 46.6 Å². The van der Waals surface area contributed by atoms with Crippen molar-refractivity contribution in [1.29, 1.82) is 5.26 Å². The maximum absolute atomic E-state index is 12.2. The topological polar surface area (TPSA) is 78.1 Å². The molecule has 1 aliphatic heterocycles. The lowest BCUT2D eigenvalue weighted by Crippen LogP contribution is -2.39. The van der Waals surface area contributed by atoms with Gasteiger partial charge in [-0.25, -0.2) is 0 Å². The van der Waals surface area contributed by atoms with Gasteiger partial charge in [0.15, 0.2) is 0 Å². The molecule has 0 aromatic carbocycles. The Bertz CT molecular complexity index is 719. The maximum atomic E-state index is 12.2. The minimum Gasteiger partial charge on any atom is -0.349 e. The van der Waals surface area contributed by atoms with Gasteiger partial charge in [0.1, 0.15) is 11.6 Å². The minimum absolute atomic E-state index is 0.0194. The Labute approximate surface area is 149 Å². The molecular formula is C19H26N4O2. The molecule has 0 aliphatic carbocycles. The van der Waals surface area contributed by atoms with Gasteiger partial charge in [0.05, 0.1) is 6.54 Å². The first-order valence-corrected chi connectivity index (χ1v) is 8.82. The smallest absolute Gasteiger partial charge is 0.262 e. The van der Waals surface area contributed by atoms with Gasteiger partial charge < -0.3 is 14.8 Å². The van der Waals surface area contributed by atoms with Gasteiger partial charge in [0.25, 0.3) is 5.91 Å². The summed E-state index contributed by atoms with van der Waals surface area (Å²) in [4.78, 5) is 26.0. The number of nitrogens with one attached hydrogen (secondary N) is 1. The van der Waals surface area contributed by atoms with Crippen LogP contribution in [-0.4, -0.2) is 40.9 Å². The highest BCUT2D eigenvalue weighted by Gasteiger charge is 2.19. The fourth-order valence-corrected chi connectivity index (χ4v) is 3.18. The van der Waals surface area contributed by atoms with Gasteiger partial charge >= 0.3 is 0 Å². The lowest BCUT2D eigenvalue weighted by molar-refractivity contribution is -0.131. The number of carbonyl (C=O) groups is 2. The molecule has 1 aliphatic rings. The second kappa shape index (κ2) is 8.52. The Hall–Kier alpha value is -2.55. The second-order valence-electron chi connectivity index (χ2n) is 6.42. The average molecular weight is 342 g/mol. The lowest BCUT2D eigenvalue weighted by atomic mass is 10.1. The summed E-state index contributed by atoms with van der Waals surface area (Å²) in [7, 11) is 0. The van der Waals surface area contributed by atoms with Crippen molar-refractivity contribution >= 4 is 17.9 Å². The highest BCUT2D eigenvalue weighted by molar-refractivity contribution is 6.03. The van der Waals surface area contributed by atoms with Gasteiger partial charge in [-0.1, -0.05) is 6.92 Å². The third-order valence-electron chi connectivity index (χ3n) is 4.58. The molecule has 2 amide bonds. The molecule has 134 valence electrons. The van der Waals surface area contributed by atoms with Crippen molar-refractivity contribution in [2.75, 3.05) is 19.6 Å². The van der Waals surface area contributed by atoms with Gasteiger partial charge in [-0.3, -0.25) is 9.59 Å². The molecule has 1 aromatic heterocycles. The van der Waals surface area contributed by atoms with E-state index in [2.05, 4.69) is 16.8 Å². The Morgan fingerprint density at radius 2 is 2.00 bits per heavy atom. The predicted octanol–water partition coefficient (Wildman–Crippen LogP) is 2.16. The highest BCUT2D eigenvalue weighted by atomic mass is 16.2. The summed E-state index contributed by atoms with van der Waals surface area (Å²) < 4.78 is 2.18. The van der Waals surface area contributed by atoms with Crippen LogP contribution in [0.3, 0.4) is 0 Å². The van der Waals surface area contributed by atoms with E-state index in [1.165, 1.54) is 0 Å². The molecule has 0 spiro atoms. The first kappa shape index (κ1) is 18.8. The summed E-state index contributed by atoms with van der Waals surface area (Å²) in [5.41, 5.74) is 3.02. The van der Waals surface area contributed by atoms with Crippen LogP contribution >= 0.6 is 0 Å². The van der Waals surface area contributed by atoms with Gasteiger partial charge in [0, 0.05) is 31.0 Å². The molecule has 1 N–H and O–H groups in total. The van der Waals surface area contributed by atoms with Gasteiger partial charge in [-0.15, -0.1) is 0 Å². The molecule has 25 heavy (non-hydrogen) atoms. The van der Waals surface area contributed by atoms with Crippen LogP contribution in [0, 0.1) is 25.2 Å². The first-order chi connectivity index (χ1) is 12.0. The van der Waals surface area contributed by atoms with E-state index in [9.17, 15) is 14.9 Å². The Morgan fingerprint density at radius 3 is 2.60 bits per heavy atom. The molecule has 0 unspecified atom stereocenters. The summed E-state index contributed by atoms with van der Waals surface area (Å²) in [6.07, 6.45) is 4.64. The summed E-state index contributed by atoms with van der Waals surface area (Å²) in [6.45, 7) is 8.45. The molecule has 0 bridgehead atoms. The van der Waals surface area contributed by atoms with Crippen LogP contribution in [0.25, 0.3) is 6.08 Å². The third-order valence-corrected chi connectivity index (χ3v) is 4.58. The normalized spacial score (nSPS) is 14.5. The molecule has 6 heteroatoms. The van der Waals surface area contributed by atoms with Crippen LogP contribution in [0.2, 0.25) is 0 Å². The second-order valence-corrected chi connectivity index (χ2v) is 6.42. The van der Waals surface area contributed by atoms with E-state index >= 15 is 0 Å². The molecule has 1 fully saturated rings. The maximum Gasteiger partial charge on any atom is 0.262 e. The number of likely N-dealkylation sites (tertiary alicyclic amines) is 1. The Kier molecular flexibility index (Phi) is 6.40. The van der Waals surface area contributed by atoms with E-state index in [-0.39, 0.29) is 18.0 Å². The van der Waals surface area contributed by atoms with E-state index in [0.29, 0.717) is 0 Å². The fourth-order valence-electron chi connectivity index (χ4n) is 3.18. The summed E-state index contributed by atoms with van der Waals surface area (Å²) in [5.74, 6) is -0.598. The third kappa shape index (κ3) is 4.50. The Balaban J connectivity index is 2.06. The van der Waals surface area contributed by atoms with Gasteiger partial charge in [-0.05, 0) is 50.8 Å². The molecule has 6 nitrogen and oxygen atoms in total. The molecule has 1 saturated heterocycles. The largest absolute Gasteiger partial charge is 0.349 e. The first-order valence-electron chi connectivity index (χ1n) is 8.82. The Morgan fingerprint density at radius 1 is 1.32 bits per heavy atom. The number of hydrogen-bond donors (Lipinski definition) is 1. The van der Waals surface area contributed by atoms with E-state index in [4.69, 9.17) is 0 Å². The zero-order chi connectivity index (χ0) is 18.4. The zero-order valence-electron chi connectivity index (χ0n) is 15.3. The van der Waals surface area contributed by atoms with Crippen molar-refractivity contribution in [3.63, 3.8) is 0 Å². The molecule has 1 aromatic rings. The summed E-state index contributed by atoms with van der Waals surface area (Å²) >= 11 is 0. The number of carbonyl (C=O) groups excluding carboxylic acids is 2. The standard InChI is InChI=1S/C19H26N4O2/c1-4-7-23-14(2)10-16(15(23)3)11-17(12-20)19(25)21-13-18(24)22-8-5-6-9-22/h10-11H,4-9,13H2,1-3H3,(H,21,25)/b17-11+. The number of hydrogen-bond acceptors (Lipinski definition) is 3. The van der Waals surface area contributed by atoms with Gasteiger partial charge in [0.2, 0.25) is 5.91 Å². The van der Waals surface area contributed by atoms with Crippen molar-refractivity contribution in [3.8, 4) is 6.07 Å². The quantitative estimate of drug-likeness (QED) is 0.636. The van der Waals surface area contributed by atoms with Crippen molar-refractivity contribution in [3.05, 3.63) is 28.6 Å². The molecule has 0 atom stereocenters. The van der Waals surface area contributed by atoms with Crippen LogP contribution in [-0.2, 0) is 16.1 Å². The van der Waals surface area contributed by atoms with Crippen LogP contribution in [0.5, 0.6) is 0 Å². The molecular weight excluding hydrogens is 316 g/mol. The summed E-state index contributed by atoms with van der Waals surface area (Å²) in [5, 5.41) is 11.9. The highest BCUT2D eigenvalue weighted by Crippen LogP contribution is 2.18. The number of aromatic nitrogens is 1. The number of nitrogens with zero attached hydrogens (tertiary/aromatic N) is 3. The molecule has 0 radical (unpaired) electrons. The predicted molar refractivity (Wildman–Crippen MR) is 96.6 cm³/mol. The number of rotatable bonds is 6. The van der Waals surface area contributed by atoms with Crippen LogP contribution in [0.15, 0.2) is 11.6 Å². The van der Waals surface area contributed by atoms with Crippen molar-refractivity contribution < 1.29 is 9.59 Å². The number of aryl methyl sites for hydroxylation is 1. The van der Waals surface area contributed by atoms with Gasteiger partial charge in [-0.2, -0.15) is 5.26 Å². The average Bonchev–Trinajstić information content (AvgIpc) is 3.22.